The molecule has 12 heteroatoms. The Bertz CT molecular complexity index is 685. The highest BCUT2D eigenvalue weighted by molar-refractivity contribution is 5.31. The Labute approximate surface area is 177 Å². The number of benzene rings is 1. The summed E-state index contributed by atoms with van der Waals surface area (Å²) in [6.45, 7) is -1.29. The molecule has 0 radical (unpaired) electrons. The van der Waals surface area contributed by atoms with E-state index in [1.165, 1.54) is 7.11 Å². The van der Waals surface area contributed by atoms with Gasteiger partial charge in [0.15, 0.2) is 12.4 Å². The average molecular weight is 448 g/mol. The van der Waals surface area contributed by atoms with Gasteiger partial charge in [-0.25, -0.2) is 0 Å². The Morgan fingerprint density at radius 3 is 1.77 bits per heavy atom. The molecule has 3 rings (SSSR count). The topological polar surface area (TPSA) is 188 Å². The van der Waals surface area contributed by atoms with Gasteiger partial charge in [0.25, 0.3) is 0 Å². The standard InChI is InChI=1S/C19H28O12/c1-27-8-2-4-9(5-3-8)28-19-17(15(25)13(23)11(7-21)30-19)31-18-16(26)14(24)12(22)10(6-20)29-18/h2-5,10-26H,6-7H2,1H3/t10-,11-,12+,13-,14+,15+,16-,17+,18+,19+/m1/s1. The average Bonchev–Trinajstić information content (AvgIpc) is 2.79. The van der Waals surface area contributed by atoms with Gasteiger partial charge in [-0.1, -0.05) is 0 Å². The number of hydrogen-bond acceptors (Lipinski definition) is 12. The molecule has 1 aromatic carbocycles. The number of aliphatic hydroxyl groups excluding tert-OH is 7. The predicted molar refractivity (Wildman–Crippen MR) is 100 cm³/mol. The molecular weight excluding hydrogens is 420 g/mol. The van der Waals surface area contributed by atoms with Crippen molar-refractivity contribution in [3.8, 4) is 11.5 Å². The summed E-state index contributed by atoms with van der Waals surface area (Å²) in [6, 6.07) is 6.33. The maximum atomic E-state index is 10.6. The third kappa shape index (κ3) is 5.09. The van der Waals surface area contributed by atoms with Crippen LogP contribution < -0.4 is 9.47 Å². The molecule has 31 heavy (non-hydrogen) atoms. The molecule has 0 unspecified atom stereocenters. The van der Waals surface area contributed by atoms with E-state index in [9.17, 15) is 35.7 Å². The quantitative estimate of drug-likeness (QED) is 0.220. The van der Waals surface area contributed by atoms with Crippen molar-refractivity contribution in [2.75, 3.05) is 20.3 Å². The van der Waals surface area contributed by atoms with Crippen LogP contribution in [-0.2, 0) is 14.2 Å². The summed E-state index contributed by atoms with van der Waals surface area (Å²) in [5, 5.41) is 69.6. The van der Waals surface area contributed by atoms with Crippen LogP contribution in [0.3, 0.4) is 0 Å². The summed E-state index contributed by atoms with van der Waals surface area (Å²) in [5.41, 5.74) is 0. The lowest BCUT2D eigenvalue weighted by Gasteiger charge is -2.45. The Hall–Kier alpha value is -1.58. The van der Waals surface area contributed by atoms with Crippen molar-refractivity contribution in [3.05, 3.63) is 24.3 Å². The third-order valence-corrected chi connectivity index (χ3v) is 5.28. The first-order valence-corrected chi connectivity index (χ1v) is 9.69. The van der Waals surface area contributed by atoms with Crippen molar-refractivity contribution >= 4 is 0 Å². The summed E-state index contributed by atoms with van der Waals surface area (Å²) in [6.07, 6.45) is -15.1. The van der Waals surface area contributed by atoms with Gasteiger partial charge < -0.3 is 59.4 Å². The molecule has 0 aliphatic carbocycles. The first-order valence-electron chi connectivity index (χ1n) is 9.69. The summed E-state index contributed by atoms with van der Waals surface area (Å²) in [4.78, 5) is 0. The third-order valence-electron chi connectivity index (χ3n) is 5.28. The van der Waals surface area contributed by atoms with Crippen molar-refractivity contribution in [1.29, 1.82) is 0 Å². The zero-order valence-electron chi connectivity index (χ0n) is 16.7. The van der Waals surface area contributed by atoms with Gasteiger partial charge in [-0.3, -0.25) is 0 Å². The van der Waals surface area contributed by atoms with Crippen LogP contribution in [0.2, 0.25) is 0 Å². The molecule has 0 amide bonds. The molecule has 10 atom stereocenters. The van der Waals surface area contributed by atoms with E-state index in [2.05, 4.69) is 0 Å². The van der Waals surface area contributed by atoms with E-state index in [1.807, 2.05) is 0 Å². The van der Waals surface area contributed by atoms with Crippen LogP contribution in [-0.4, -0.2) is 117 Å². The van der Waals surface area contributed by atoms with E-state index in [0.717, 1.165) is 0 Å². The monoisotopic (exact) mass is 448 g/mol. The van der Waals surface area contributed by atoms with Crippen LogP contribution in [0.4, 0.5) is 0 Å². The summed E-state index contributed by atoms with van der Waals surface area (Å²) in [5.74, 6) is 0.850. The lowest BCUT2D eigenvalue weighted by atomic mass is 9.97. The first-order chi connectivity index (χ1) is 14.8. The van der Waals surface area contributed by atoms with Crippen LogP contribution in [0.5, 0.6) is 11.5 Å². The van der Waals surface area contributed by atoms with E-state index in [0.29, 0.717) is 5.75 Å². The molecule has 2 fully saturated rings. The molecular formula is C19H28O12. The molecule has 12 nitrogen and oxygen atoms in total. The fraction of sp³-hybridized carbons (Fsp3) is 0.684. The van der Waals surface area contributed by atoms with Gasteiger partial charge in [-0.15, -0.1) is 0 Å². The van der Waals surface area contributed by atoms with Gasteiger partial charge in [0.1, 0.15) is 54.2 Å². The fourth-order valence-corrected chi connectivity index (χ4v) is 3.42. The number of ether oxygens (including phenoxy) is 5. The van der Waals surface area contributed by atoms with Crippen LogP contribution in [0.1, 0.15) is 0 Å². The molecule has 176 valence electrons. The Morgan fingerprint density at radius 1 is 0.710 bits per heavy atom. The SMILES string of the molecule is COc1ccc(O[C@H]2O[C@H](CO)[C@@H](O)[C@H](O)[C@@H]2O[C@@H]2O[C@H](CO)[C@H](O)[C@H](O)[C@H]2O)cc1. The molecule has 7 N–H and O–H groups in total. The number of hydrogen-bond donors (Lipinski definition) is 7. The second-order valence-electron chi connectivity index (χ2n) is 7.30. The van der Waals surface area contributed by atoms with Crippen molar-refractivity contribution in [1.82, 2.24) is 0 Å². The van der Waals surface area contributed by atoms with E-state index >= 15 is 0 Å². The molecule has 0 aromatic heterocycles. The molecule has 1 aromatic rings. The van der Waals surface area contributed by atoms with Crippen molar-refractivity contribution in [3.63, 3.8) is 0 Å². The molecule has 2 heterocycles. The smallest absolute Gasteiger partial charge is 0.229 e. The number of aliphatic hydroxyl groups is 7. The highest BCUT2D eigenvalue weighted by atomic mass is 16.8. The first kappa shape index (κ1) is 24.1. The van der Waals surface area contributed by atoms with E-state index in [4.69, 9.17) is 23.7 Å². The largest absolute Gasteiger partial charge is 0.497 e. The Kier molecular flexibility index (Phi) is 8.04. The minimum absolute atomic E-state index is 0.286. The van der Waals surface area contributed by atoms with Crippen molar-refractivity contribution in [2.24, 2.45) is 0 Å². The highest BCUT2D eigenvalue weighted by Crippen LogP contribution is 2.31. The number of methoxy groups -OCH3 is 1. The van der Waals surface area contributed by atoms with Crippen molar-refractivity contribution in [2.45, 2.75) is 61.4 Å². The minimum Gasteiger partial charge on any atom is -0.497 e. The summed E-state index contributed by atoms with van der Waals surface area (Å²) in [7, 11) is 1.49. The second kappa shape index (κ2) is 10.4. The maximum absolute atomic E-state index is 10.6. The van der Waals surface area contributed by atoms with Gasteiger partial charge in [-0.05, 0) is 24.3 Å². The Morgan fingerprint density at radius 2 is 1.23 bits per heavy atom. The molecule has 0 bridgehead atoms. The maximum Gasteiger partial charge on any atom is 0.229 e. The van der Waals surface area contributed by atoms with Crippen molar-refractivity contribution < 1.29 is 59.4 Å². The second-order valence-corrected chi connectivity index (χ2v) is 7.30. The summed E-state index contributed by atoms with van der Waals surface area (Å²) >= 11 is 0. The van der Waals surface area contributed by atoms with Crippen LogP contribution >= 0.6 is 0 Å². The van der Waals surface area contributed by atoms with Crippen LogP contribution in [0, 0.1) is 0 Å². The van der Waals surface area contributed by atoms with Gasteiger partial charge in [0.05, 0.1) is 20.3 Å². The number of rotatable bonds is 7. The van der Waals surface area contributed by atoms with Gasteiger partial charge in [0.2, 0.25) is 6.29 Å². The molecule has 0 saturated carbocycles. The molecule has 2 saturated heterocycles. The normalized spacial score (nSPS) is 41.0. The van der Waals surface area contributed by atoms with E-state index < -0.39 is 74.6 Å². The lowest BCUT2D eigenvalue weighted by Crippen LogP contribution is -2.65. The molecule has 2 aliphatic rings. The molecule has 2 aliphatic heterocycles. The summed E-state index contributed by atoms with van der Waals surface area (Å²) < 4.78 is 27.2. The zero-order valence-corrected chi connectivity index (χ0v) is 16.7. The lowest BCUT2D eigenvalue weighted by molar-refractivity contribution is -0.357. The van der Waals surface area contributed by atoms with E-state index in [1.54, 1.807) is 24.3 Å². The van der Waals surface area contributed by atoms with Gasteiger partial charge in [-0.2, -0.15) is 0 Å². The Balaban J connectivity index is 1.80. The van der Waals surface area contributed by atoms with Gasteiger partial charge >= 0.3 is 0 Å². The molecule has 0 spiro atoms. The van der Waals surface area contributed by atoms with Gasteiger partial charge in [0, 0.05) is 0 Å². The zero-order chi connectivity index (χ0) is 22.7. The van der Waals surface area contributed by atoms with E-state index in [-0.39, 0.29) is 5.75 Å². The van der Waals surface area contributed by atoms with Crippen LogP contribution in [0.25, 0.3) is 0 Å². The highest BCUT2D eigenvalue weighted by Gasteiger charge is 2.51. The minimum atomic E-state index is -1.74. The fourth-order valence-electron chi connectivity index (χ4n) is 3.42. The predicted octanol–water partition coefficient (Wildman–Crippen LogP) is -3.30. The van der Waals surface area contributed by atoms with Crippen LogP contribution in [0.15, 0.2) is 24.3 Å².